The Bertz CT molecular complexity index is 814. The van der Waals surface area contributed by atoms with Gasteiger partial charge in [-0.05, 0) is 49.4 Å². The Balaban J connectivity index is 1.91. The van der Waals surface area contributed by atoms with Gasteiger partial charge < -0.3 is 9.84 Å². The number of aliphatic hydroxyl groups is 1. The maximum atomic E-state index is 12.9. The van der Waals surface area contributed by atoms with Crippen LogP contribution in [0.15, 0.2) is 41.6 Å². The molecule has 1 heterocycles. The van der Waals surface area contributed by atoms with Crippen molar-refractivity contribution in [2.45, 2.75) is 43.2 Å². The van der Waals surface area contributed by atoms with Crippen LogP contribution in [0.4, 0.5) is 0 Å². The number of aliphatic hydroxyl groups excluding tert-OH is 1. The molecule has 136 valence electrons. The van der Waals surface area contributed by atoms with Crippen LogP contribution in [-0.4, -0.2) is 42.6 Å². The summed E-state index contributed by atoms with van der Waals surface area (Å²) in [6.07, 6.45) is 4.98. The summed E-state index contributed by atoms with van der Waals surface area (Å²) in [6, 6.07) is 6.50. The smallest absolute Gasteiger partial charge is 0.244 e. The van der Waals surface area contributed by atoms with Crippen molar-refractivity contribution in [1.82, 2.24) is 14.5 Å². The van der Waals surface area contributed by atoms with Crippen LogP contribution >= 0.6 is 0 Å². The maximum Gasteiger partial charge on any atom is 0.244 e. The third-order valence-corrected chi connectivity index (χ3v) is 6.18. The Kier molecular flexibility index (Phi) is 5.12. The van der Waals surface area contributed by atoms with Gasteiger partial charge in [-0.2, -0.15) is 5.10 Å². The molecule has 1 atom stereocenters. The molecule has 0 unspecified atom stereocenters. The van der Waals surface area contributed by atoms with Crippen molar-refractivity contribution < 1.29 is 18.3 Å². The van der Waals surface area contributed by atoms with Crippen molar-refractivity contribution in [1.29, 1.82) is 0 Å². The number of rotatable bonds is 7. The van der Waals surface area contributed by atoms with E-state index < -0.39 is 10.0 Å². The van der Waals surface area contributed by atoms with Crippen molar-refractivity contribution in [3.8, 4) is 11.4 Å². The van der Waals surface area contributed by atoms with Crippen molar-refractivity contribution in [3.05, 3.63) is 36.7 Å². The first kappa shape index (κ1) is 17.9. The Morgan fingerprint density at radius 3 is 2.76 bits per heavy atom. The zero-order valence-corrected chi connectivity index (χ0v) is 15.1. The van der Waals surface area contributed by atoms with Crippen LogP contribution < -0.4 is 9.46 Å². The molecule has 2 aromatic rings. The molecule has 0 saturated heterocycles. The highest BCUT2D eigenvalue weighted by molar-refractivity contribution is 7.89. The third-order valence-electron chi connectivity index (χ3n) is 4.67. The van der Waals surface area contributed by atoms with E-state index in [4.69, 9.17) is 4.74 Å². The van der Waals surface area contributed by atoms with Gasteiger partial charge in [-0.1, -0.05) is 6.92 Å². The van der Waals surface area contributed by atoms with Gasteiger partial charge >= 0.3 is 0 Å². The summed E-state index contributed by atoms with van der Waals surface area (Å²) in [4.78, 5) is 0.0846. The van der Waals surface area contributed by atoms with Crippen molar-refractivity contribution >= 4 is 10.0 Å². The minimum Gasteiger partial charge on any atom is -0.495 e. The van der Waals surface area contributed by atoms with Gasteiger partial charge in [0.15, 0.2) is 0 Å². The van der Waals surface area contributed by atoms with Gasteiger partial charge in [0.05, 0.1) is 18.9 Å². The zero-order valence-electron chi connectivity index (χ0n) is 14.3. The summed E-state index contributed by atoms with van der Waals surface area (Å²) in [7, 11) is -2.32. The molecular formula is C17H23N3O4S. The van der Waals surface area contributed by atoms with E-state index in [1.54, 1.807) is 41.3 Å². The number of nitrogens with zero attached hydrogens (tertiary/aromatic N) is 2. The fourth-order valence-corrected chi connectivity index (χ4v) is 4.75. The van der Waals surface area contributed by atoms with Crippen molar-refractivity contribution in [2.24, 2.45) is 5.92 Å². The van der Waals surface area contributed by atoms with E-state index in [9.17, 15) is 13.5 Å². The van der Waals surface area contributed by atoms with Crippen LogP contribution in [0.3, 0.4) is 0 Å². The van der Waals surface area contributed by atoms with Gasteiger partial charge in [0.2, 0.25) is 10.0 Å². The topological polar surface area (TPSA) is 93.5 Å². The van der Waals surface area contributed by atoms with Crippen LogP contribution in [0.5, 0.6) is 5.75 Å². The number of methoxy groups -OCH3 is 1. The lowest BCUT2D eigenvalue weighted by atomic mass is 9.77. The molecule has 2 N–H and O–H groups in total. The molecular weight excluding hydrogens is 342 g/mol. The Morgan fingerprint density at radius 1 is 1.44 bits per heavy atom. The first-order chi connectivity index (χ1) is 11.9. The Morgan fingerprint density at radius 2 is 2.20 bits per heavy atom. The lowest BCUT2D eigenvalue weighted by Gasteiger charge is -2.37. The molecule has 0 aliphatic heterocycles. The zero-order chi connectivity index (χ0) is 18.0. The summed E-state index contributed by atoms with van der Waals surface area (Å²) in [5.41, 5.74) is 0.637. The molecule has 0 radical (unpaired) electrons. The number of aromatic nitrogens is 2. The highest BCUT2D eigenvalue weighted by atomic mass is 32.2. The molecule has 0 bridgehead atoms. The summed E-state index contributed by atoms with van der Waals surface area (Å²) >= 11 is 0. The van der Waals surface area contributed by atoms with Gasteiger partial charge in [0.1, 0.15) is 10.6 Å². The van der Waals surface area contributed by atoms with Crippen LogP contribution in [0.2, 0.25) is 0 Å². The highest BCUT2D eigenvalue weighted by Crippen LogP contribution is 2.33. The second-order valence-electron chi connectivity index (χ2n) is 6.31. The molecule has 1 aliphatic rings. The quantitative estimate of drug-likeness (QED) is 0.779. The molecule has 1 aromatic heterocycles. The SMILES string of the molecule is CC[C@@H](NS(=O)(=O)c1cc(-n2cccn2)ccc1OC)C1CC(O)C1. The van der Waals surface area contributed by atoms with Gasteiger partial charge in [-0.15, -0.1) is 0 Å². The van der Waals surface area contributed by atoms with Crippen LogP contribution in [-0.2, 0) is 10.0 Å². The minimum absolute atomic E-state index is 0.0846. The maximum absolute atomic E-state index is 12.9. The monoisotopic (exact) mass is 365 g/mol. The largest absolute Gasteiger partial charge is 0.495 e. The Labute approximate surface area is 147 Å². The number of benzene rings is 1. The van der Waals surface area contributed by atoms with Gasteiger partial charge in [0, 0.05) is 18.4 Å². The summed E-state index contributed by atoms with van der Waals surface area (Å²) < 4.78 is 35.5. The lowest BCUT2D eigenvalue weighted by molar-refractivity contribution is 0.0277. The third kappa shape index (κ3) is 3.70. The lowest BCUT2D eigenvalue weighted by Crippen LogP contribution is -2.46. The molecule has 25 heavy (non-hydrogen) atoms. The average Bonchev–Trinajstić information content (AvgIpc) is 3.11. The van der Waals surface area contributed by atoms with E-state index in [2.05, 4.69) is 9.82 Å². The van der Waals surface area contributed by atoms with E-state index in [-0.39, 0.29) is 28.7 Å². The summed E-state index contributed by atoms with van der Waals surface area (Å²) in [6.45, 7) is 1.94. The van der Waals surface area contributed by atoms with Crippen molar-refractivity contribution in [3.63, 3.8) is 0 Å². The number of nitrogens with one attached hydrogen (secondary N) is 1. The molecule has 8 heteroatoms. The van der Waals surface area contributed by atoms with Gasteiger partial charge in [0.25, 0.3) is 0 Å². The highest BCUT2D eigenvalue weighted by Gasteiger charge is 2.36. The average molecular weight is 365 g/mol. The van der Waals surface area contributed by atoms with Crippen LogP contribution in [0, 0.1) is 5.92 Å². The summed E-state index contributed by atoms with van der Waals surface area (Å²) in [5.74, 6) is 0.446. The molecule has 0 amide bonds. The van der Waals surface area contributed by atoms with Gasteiger partial charge in [-0.3, -0.25) is 0 Å². The van der Waals surface area contributed by atoms with E-state index in [1.807, 2.05) is 6.92 Å². The molecule has 7 nitrogen and oxygen atoms in total. The first-order valence-electron chi connectivity index (χ1n) is 8.33. The number of sulfonamides is 1. The number of ether oxygens (including phenoxy) is 1. The minimum atomic E-state index is -3.76. The van der Waals surface area contributed by atoms with E-state index >= 15 is 0 Å². The molecule has 3 rings (SSSR count). The van der Waals surface area contributed by atoms with Crippen LogP contribution in [0.1, 0.15) is 26.2 Å². The normalized spacial score (nSPS) is 21.6. The van der Waals surface area contributed by atoms with E-state index in [1.165, 1.54) is 7.11 Å². The van der Waals surface area contributed by atoms with Crippen molar-refractivity contribution in [2.75, 3.05) is 7.11 Å². The molecule has 0 spiro atoms. The standard InChI is InChI=1S/C17H23N3O4S/c1-3-15(12-9-14(21)10-12)19-25(22,23)17-11-13(5-6-16(17)24-2)20-8-4-7-18-20/h4-8,11-12,14-15,19,21H,3,9-10H2,1-2H3/t12?,14?,15-/m1/s1. The van der Waals surface area contributed by atoms with Gasteiger partial charge in [-0.25, -0.2) is 17.8 Å². The predicted molar refractivity (Wildman–Crippen MR) is 93.2 cm³/mol. The van der Waals surface area contributed by atoms with E-state index in [0.717, 1.165) is 0 Å². The Hall–Kier alpha value is -1.90. The van der Waals surface area contributed by atoms with E-state index in [0.29, 0.717) is 24.9 Å². The fraction of sp³-hybridized carbons (Fsp3) is 0.471. The first-order valence-corrected chi connectivity index (χ1v) is 9.81. The summed E-state index contributed by atoms with van der Waals surface area (Å²) in [5, 5.41) is 13.6. The fourth-order valence-electron chi connectivity index (χ4n) is 3.17. The number of hydrogen-bond donors (Lipinski definition) is 2. The predicted octanol–water partition coefficient (Wildman–Crippen LogP) is 1.71. The molecule has 1 aliphatic carbocycles. The molecule has 1 aromatic carbocycles. The second kappa shape index (κ2) is 7.15. The number of hydrogen-bond acceptors (Lipinski definition) is 5. The molecule has 1 fully saturated rings. The second-order valence-corrected chi connectivity index (χ2v) is 7.99. The molecule has 1 saturated carbocycles. The van der Waals surface area contributed by atoms with Crippen LogP contribution in [0.25, 0.3) is 5.69 Å².